The predicted octanol–water partition coefficient (Wildman–Crippen LogP) is 4.49. The van der Waals surface area contributed by atoms with E-state index >= 15 is 0 Å². The van der Waals surface area contributed by atoms with E-state index < -0.39 is 11.8 Å². The topological polar surface area (TPSA) is 67.6 Å². The van der Waals surface area contributed by atoms with Crippen molar-refractivity contribution in [1.82, 2.24) is 9.80 Å². The van der Waals surface area contributed by atoms with Gasteiger partial charge in [-0.05, 0) is 67.6 Å². The van der Waals surface area contributed by atoms with Crippen LogP contribution in [0.2, 0.25) is 0 Å². The Kier molecular flexibility index (Phi) is 6.11. The summed E-state index contributed by atoms with van der Waals surface area (Å²) in [4.78, 5) is 30.5. The maximum absolute atomic E-state index is 12.8. The Hall–Kier alpha value is -3.76. The number of amides is 2. The summed E-state index contributed by atoms with van der Waals surface area (Å²) in [6.07, 6.45) is 10.6. The number of rotatable bonds is 4. The Morgan fingerprint density at radius 1 is 1.12 bits per heavy atom. The van der Waals surface area contributed by atoms with Gasteiger partial charge in [-0.2, -0.15) is 5.26 Å². The monoisotopic (exact) mass is 470 g/mol. The predicted molar refractivity (Wildman–Crippen MR) is 136 cm³/mol. The van der Waals surface area contributed by atoms with Gasteiger partial charge >= 0.3 is 0 Å². The van der Waals surface area contributed by atoms with E-state index in [9.17, 15) is 14.9 Å². The quantitative estimate of drug-likeness (QED) is 0.281. The zero-order valence-corrected chi connectivity index (χ0v) is 20.5. The first-order valence-corrected chi connectivity index (χ1v) is 11.7. The molecule has 0 aromatic heterocycles. The van der Waals surface area contributed by atoms with Crippen LogP contribution in [0, 0.1) is 11.3 Å². The number of anilines is 1. The van der Waals surface area contributed by atoms with Gasteiger partial charge in [-0.15, -0.1) is 0 Å². The molecule has 6 nitrogen and oxygen atoms in total. The van der Waals surface area contributed by atoms with E-state index in [2.05, 4.69) is 36.9 Å². The molecule has 0 spiro atoms. The van der Waals surface area contributed by atoms with Gasteiger partial charge in [0.15, 0.2) is 5.11 Å². The number of nitrogens with zero attached hydrogens (tertiary/aromatic N) is 4. The number of carbonyl (C=O) groups excluding carboxylic acids is 2. The first-order valence-electron chi connectivity index (χ1n) is 11.3. The summed E-state index contributed by atoms with van der Waals surface area (Å²) in [5.41, 5.74) is 4.52. The molecule has 3 heterocycles. The zero-order valence-electron chi connectivity index (χ0n) is 19.7. The van der Waals surface area contributed by atoms with Crippen molar-refractivity contribution in [2.45, 2.75) is 33.1 Å². The third-order valence-electron chi connectivity index (χ3n) is 6.43. The van der Waals surface area contributed by atoms with Crippen molar-refractivity contribution in [3.8, 4) is 6.07 Å². The Bertz CT molecular complexity index is 1260. The lowest BCUT2D eigenvalue weighted by atomic mass is 9.82. The number of fused-ring (bicyclic) bond motifs is 3. The number of benzene rings is 1. The van der Waals surface area contributed by atoms with Crippen LogP contribution in [0.3, 0.4) is 0 Å². The molecule has 7 heteroatoms. The lowest BCUT2D eigenvalue weighted by Gasteiger charge is -2.35. The Morgan fingerprint density at radius 2 is 1.76 bits per heavy atom. The molecule has 0 atom stereocenters. The van der Waals surface area contributed by atoms with E-state index in [1.54, 1.807) is 12.2 Å². The van der Waals surface area contributed by atoms with Crippen LogP contribution < -0.4 is 4.90 Å². The van der Waals surface area contributed by atoms with Crippen molar-refractivity contribution in [1.29, 1.82) is 5.26 Å². The lowest BCUT2D eigenvalue weighted by Crippen LogP contribution is -2.55. The van der Waals surface area contributed by atoms with Crippen LogP contribution >= 0.6 is 12.2 Å². The van der Waals surface area contributed by atoms with Crippen LogP contribution in [0.1, 0.15) is 33.3 Å². The van der Waals surface area contributed by atoms with Crippen molar-refractivity contribution < 1.29 is 9.59 Å². The number of para-hydroxylation sites is 1. The summed E-state index contributed by atoms with van der Waals surface area (Å²) in [6.45, 7) is 8.73. The number of hydrogen-bond donors (Lipinski definition) is 0. The number of carbonyl (C=O) groups is 2. The Labute approximate surface area is 205 Å². The van der Waals surface area contributed by atoms with E-state index in [4.69, 9.17) is 12.2 Å². The van der Waals surface area contributed by atoms with E-state index in [0.717, 1.165) is 17.0 Å². The van der Waals surface area contributed by atoms with Gasteiger partial charge in [0.05, 0.1) is 11.6 Å². The SMILES string of the molecule is CCN1C(=O)C(=CC=CC(C#N)=C2C=CN3C(=C2)C(C)(C)c2ccccc23)C(=O)N(CC)C1=S. The van der Waals surface area contributed by atoms with Crippen LogP contribution in [0.4, 0.5) is 5.69 Å². The third kappa shape index (κ3) is 3.61. The molecular formula is C27H26N4O2S. The largest absolute Gasteiger partial charge is 0.320 e. The van der Waals surface area contributed by atoms with Gasteiger partial charge in [-0.3, -0.25) is 19.4 Å². The Balaban J connectivity index is 1.68. The first-order chi connectivity index (χ1) is 16.3. The van der Waals surface area contributed by atoms with Crippen LogP contribution in [-0.2, 0) is 15.0 Å². The fourth-order valence-electron chi connectivity index (χ4n) is 4.55. The van der Waals surface area contributed by atoms with Crippen molar-refractivity contribution in [2.24, 2.45) is 0 Å². The fourth-order valence-corrected chi connectivity index (χ4v) is 4.97. The molecule has 3 aliphatic rings. The van der Waals surface area contributed by atoms with Gasteiger partial charge < -0.3 is 4.90 Å². The molecule has 2 amide bonds. The van der Waals surface area contributed by atoms with Gasteiger partial charge in [0.2, 0.25) is 0 Å². The molecule has 0 N–H and O–H groups in total. The second kappa shape index (κ2) is 8.88. The summed E-state index contributed by atoms with van der Waals surface area (Å²) in [7, 11) is 0. The standard InChI is InChI=1S/C27H26N4O2S/c1-5-29-24(32)20(25(33)30(6-2)26(29)34)11-9-10-19(17-28)18-14-15-31-22-13-8-7-12-21(22)27(3,4)23(31)16-18/h7-16H,5-6H2,1-4H3. The van der Waals surface area contributed by atoms with E-state index in [-0.39, 0.29) is 16.1 Å². The molecule has 1 fully saturated rings. The highest BCUT2D eigenvalue weighted by Crippen LogP contribution is 2.49. The average molecular weight is 471 g/mol. The maximum atomic E-state index is 12.8. The highest BCUT2D eigenvalue weighted by Gasteiger charge is 2.40. The minimum absolute atomic E-state index is 0.0342. The number of likely N-dealkylation sites (N-methyl/N-ethyl adjacent to an activating group) is 2. The number of hydrogen-bond acceptors (Lipinski definition) is 5. The third-order valence-corrected chi connectivity index (χ3v) is 6.88. The minimum atomic E-state index is -0.418. The highest BCUT2D eigenvalue weighted by molar-refractivity contribution is 7.80. The maximum Gasteiger partial charge on any atom is 0.265 e. The summed E-state index contributed by atoms with van der Waals surface area (Å²) < 4.78 is 0. The molecule has 172 valence electrons. The molecule has 34 heavy (non-hydrogen) atoms. The summed E-state index contributed by atoms with van der Waals surface area (Å²) in [5, 5.41) is 10.1. The van der Waals surface area contributed by atoms with Crippen LogP contribution in [0.15, 0.2) is 83.3 Å². The van der Waals surface area contributed by atoms with Gasteiger partial charge in [0.1, 0.15) is 5.57 Å². The van der Waals surface area contributed by atoms with E-state index in [1.165, 1.54) is 21.4 Å². The van der Waals surface area contributed by atoms with Crippen molar-refractivity contribution in [3.63, 3.8) is 0 Å². The van der Waals surface area contributed by atoms with Gasteiger partial charge in [-0.25, -0.2) is 0 Å². The van der Waals surface area contributed by atoms with Crippen molar-refractivity contribution in [3.05, 3.63) is 88.8 Å². The first kappa shape index (κ1) is 23.4. The van der Waals surface area contributed by atoms with Crippen LogP contribution in [0.5, 0.6) is 0 Å². The molecule has 0 aliphatic carbocycles. The van der Waals surface area contributed by atoms with E-state index in [0.29, 0.717) is 18.7 Å². The van der Waals surface area contributed by atoms with E-state index in [1.807, 2.05) is 44.3 Å². The fraction of sp³-hybridized carbons (Fsp3) is 0.259. The van der Waals surface area contributed by atoms with Crippen LogP contribution in [-0.4, -0.2) is 39.8 Å². The minimum Gasteiger partial charge on any atom is -0.320 e. The van der Waals surface area contributed by atoms with Crippen molar-refractivity contribution in [2.75, 3.05) is 18.0 Å². The summed E-state index contributed by atoms with van der Waals surface area (Å²) in [6, 6.07) is 10.5. The molecule has 3 aliphatic heterocycles. The van der Waals surface area contributed by atoms with Crippen LogP contribution in [0.25, 0.3) is 0 Å². The van der Waals surface area contributed by atoms with Crippen molar-refractivity contribution >= 4 is 34.8 Å². The summed E-state index contributed by atoms with van der Waals surface area (Å²) in [5.74, 6) is -0.836. The lowest BCUT2D eigenvalue weighted by molar-refractivity contribution is -0.133. The second-order valence-corrected chi connectivity index (χ2v) is 9.02. The van der Waals surface area contributed by atoms with Gasteiger partial charge in [0.25, 0.3) is 11.8 Å². The summed E-state index contributed by atoms with van der Waals surface area (Å²) >= 11 is 5.29. The van der Waals surface area contributed by atoms with Gasteiger partial charge in [-0.1, -0.05) is 38.1 Å². The number of allylic oxidation sites excluding steroid dienone is 8. The number of thiocarbonyl (C=S) groups is 1. The molecule has 1 saturated heterocycles. The molecule has 0 saturated carbocycles. The normalized spacial score (nSPS) is 20.4. The smallest absolute Gasteiger partial charge is 0.265 e. The molecule has 1 aromatic rings. The molecule has 0 bridgehead atoms. The molecule has 0 unspecified atom stereocenters. The molecule has 4 rings (SSSR count). The molecule has 0 radical (unpaired) electrons. The number of nitriles is 1. The zero-order chi connectivity index (χ0) is 24.6. The van der Waals surface area contributed by atoms with Gasteiger partial charge in [0, 0.05) is 36.1 Å². The highest BCUT2D eigenvalue weighted by atomic mass is 32.1. The molecular weight excluding hydrogens is 444 g/mol. The molecule has 1 aromatic carbocycles. The average Bonchev–Trinajstić information content (AvgIpc) is 3.06. The second-order valence-electron chi connectivity index (χ2n) is 8.66. The Morgan fingerprint density at radius 3 is 2.38 bits per heavy atom.